The van der Waals surface area contributed by atoms with Crippen molar-refractivity contribution in [2.45, 2.75) is 19.8 Å². The number of benzene rings is 1. The summed E-state index contributed by atoms with van der Waals surface area (Å²) in [6.07, 6.45) is 2.69. The molecule has 0 saturated heterocycles. The first-order valence-corrected chi connectivity index (χ1v) is 7.07. The first-order chi connectivity index (χ1) is 10.1. The fourth-order valence-corrected chi connectivity index (χ4v) is 2.03. The van der Waals surface area contributed by atoms with E-state index in [-0.39, 0.29) is 5.91 Å². The molecule has 0 aliphatic heterocycles. The fourth-order valence-electron chi connectivity index (χ4n) is 2.03. The normalized spacial score (nSPS) is 10.7. The van der Waals surface area contributed by atoms with Gasteiger partial charge in [-0.15, -0.1) is 0 Å². The zero-order chi connectivity index (χ0) is 15.7. The highest BCUT2D eigenvalue weighted by molar-refractivity contribution is 5.92. The fraction of sp³-hybridized carbons (Fsp3) is 0.438. The van der Waals surface area contributed by atoms with E-state index in [2.05, 4.69) is 12.2 Å². The van der Waals surface area contributed by atoms with Crippen LogP contribution in [0, 0.1) is 5.92 Å². The SMILES string of the molecule is CCCN(C)CC(=O)Nc1ccc(CC(C=O)C=O)cc1. The Kier molecular flexibility index (Phi) is 7.32. The molecule has 1 aromatic rings. The van der Waals surface area contributed by atoms with E-state index in [1.165, 1.54) is 0 Å². The lowest BCUT2D eigenvalue weighted by molar-refractivity contribution is -0.119. The van der Waals surface area contributed by atoms with Gasteiger partial charge in [0, 0.05) is 5.69 Å². The quantitative estimate of drug-likeness (QED) is 0.553. The summed E-state index contributed by atoms with van der Waals surface area (Å²) >= 11 is 0. The van der Waals surface area contributed by atoms with Crippen LogP contribution in [0.25, 0.3) is 0 Å². The number of anilines is 1. The molecule has 0 atom stereocenters. The third kappa shape index (κ3) is 6.31. The maximum atomic E-state index is 11.8. The minimum atomic E-state index is -0.604. The number of nitrogens with one attached hydrogen (secondary N) is 1. The molecule has 0 saturated carbocycles. The number of likely N-dealkylation sites (N-methyl/N-ethyl adjacent to an activating group) is 1. The Hall–Kier alpha value is -2.01. The van der Waals surface area contributed by atoms with Crippen LogP contribution in [-0.2, 0) is 20.8 Å². The van der Waals surface area contributed by atoms with Gasteiger partial charge in [-0.1, -0.05) is 19.1 Å². The van der Waals surface area contributed by atoms with Crippen molar-refractivity contribution in [2.24, 2.45) is 5.92 Å². The summed E-state index contributed by atoms with van der Waals surface area (Å²) in [7, 11) is 1.91. The van der Waals surface area contributed by atoms with Gasteiger partial charge in [-0.25, -0.2) is 0 Å². The molecule has 0 bridgehead atoms. The molecule has 1 aromatic carbocycles. The molecule has 1 amide bonds. The maximum absolute atomic E-state index is 11.8. The van der Waals surface area contributed by atoms with E-state index in [1.807, 2.05) is 24.1 Å². The largest absolute Gasteiger partial charge is 0.325 e. The zero-order valence-corrected chi connectivity index (χ0v) is 12.5. The Morgan fingerprint density at radius 2 is 1.86 bits per heavy atom. The van der Waals surface area contributed by atoms with Gasteiger partial charge in [-0.3, -0.25) is 9.69 Å². The zero-order valence-electron chi connectivity index (χ0n) is 12.5. The Morgan fingerprint density at radius 3 is 2.38 bits per heavy atom. The van der Waals surface area contributed by atoms with Gasteiger partial charge in [0.25, 0.3) is 0 Å². The van der Waals surface area contributed by atoms with Crippen molar-refractivity contribution in [3.05, 3.63) is 29.8 Å². The Labute approximate surface area is 125 Å². The lowest BCUT2D eigenvalue weighted by Gasteiger charge is -2.15. The number of hydrogen-bond donors (Lipinski definition) is 1. The molecule has 1 N–H and O–H groups in total. The molecular weight excluding hydrogens is 268 g/mol. The number of carbonyl (C=O) groups excluding carboxylic acids is 3. The summed E-state index contributed by atoms with van der Waals surface area (Å²) in [5.41, 5.74) is 1.60. The first kappa shape index (κ1) is 17.0. The highest BCUT2D eigenvalue weighted by Gasteiger charge is 2.08. The molecule has 0 aliphatic carbocycles. The highest BCUT2D eigenvalue weighted by Crippen LogP contribution is 2.12. The summed E-state index contributed by atoms with van der Waals surface area (Å²) in [6, 6.07) is 7.18. The average Bonchev–Trinajstić information content (AvgIpc) is 2.46. The van der Waals surface area contributed by atoms with Crippen molar-refractivity contribution >= 4 is 24.2 Å². The maximum Gasteiger partial charge on any atom is 0.238 e. The molecule has 5 heteroatoms. The van der Waals surface area contributed by atoms with Crippen molar-refractivity contribution in [2.75, 3.05) is 25.5 Å². The second kappa shape index (κ2) is 9.02. The number of hydrogen-bond acceptors (Lipinski definition) is 4. The number of carbonyl (C=O) groups is 3. The second-order valence-electron chi connectivity index (χ2n) is 5.12. The van der Waals surface area contributed by atoms with Crippen molar-refractivity contribution in [3.63, 3.8) is 0 Å². The van der Waals surface area contributed by atoms with Crippen LogP contribution in [-0.4, -0.2) is 43.5 Å². The van der Waals surface area contributed by atoms with Gasteiger partial charge in [0.15, 0.2) is 0 Å². The number of aldehydes is 2. The van der Waals surface area contributed by atoms with Crippen LogP contribution in [0.2, 0.25) is 0 Å². The molecule has 21 heavy (non-hydrogen) atoms. The van der Waals surface area contributed by atoms with E-state index in [0.717, 1.165) is 18.5 Å². The van der Waals surface area contributed by atoms with E-state index in [1.54, 1.807) is 12.1 Å². The molecule has 0 aliphatic rings. The average molecular weight is 290 g/mol. The van der Waals surface area contributed by atoms with Crippen molar-refractivity contribution in [3.8, 4) is 0 Å². The highest BCUT2D eigenvalue weighted by atomic mass is 16.2. The predicted octanol–water partition coefficient (Wildman–Crippen LogP) is 1.52. The van der Waals surface area contributed by atoms with Gasteiger partial charge in [-0.2, -0.15) is 0 Å². The minimum absolute atomic E-state index is 0.0580. The van der Waals surface area contributed by atoms with Gasteiger partial charge in [0.2, 0.25) is 5.91 Å². The van der Waals surface area contributed by atoms with Gasteiger partial charge in [0.05, 0.1) is 12.5 Å². The minimum Gasteiger partial charge on any atom is -0.325 e. The van der Waals surface area contributed by atoms with E-state index in [9.17, 15) is 14.4 Å². The molecule has 0 radical (unpaired) electrons. The number of rotatable bonds is 9. The molecule has 114 valence electrons. The van der Waals surface area contributed by atoms with Gasteiger partial charge in [-0.05, 0) is 44.1 Å². The standard InChI is InChI=1S/C16H22N2O3/c1-3-8-18(2)10-16(21)17-15-6-4-13(5-7-15)9-14(11-19)12-20/h4-7,11-12,14H,3,8-10H2,1-2H3,(H,17,21). The number of nitrogens with zero attached hydrogens (tertiary/aromatic N) is 1. The van der Waals surface area contributed by atoms with Crippen LogP contribution in [0.5, 0.6) is 0 Å². The Morgan fingerprint density at radius 1 is 1.24 bits per heavy atom. The van der Waals surface area contributed by atoms with E-state index in [0.29, 0.717) is 31.2 Å². The number of amides is 1. The van der Waals surface area contributed by atoms with Crippen LogP contribution < -0.4 is 5.32 Å². The van der Waals surface area contributed by atoms with Crippen LogP contribution >= 0.6 is 0 Å². The Bertz CT molecular complexity index is 463. The first-order valence-electron chi connectivity index (χ1n) is 7.07. The molecule has 5 nitrogen and oxygen atoms in total. The summed E-state index contributed by atoms with van der Waals surface area (Å²) < 4.78 is 0. The molecule has 0 heterocycles. The van der Waals surface area contributed by atoms with Crippen LogP contribution in [0.4, 0.5) is 5.69 Å². The third-order valence-corrected chi connectivity index (χ3v) is 3.08. The van der Waals surface area contributed by atoms with Gasteiger partial charge < -0.3 is 14.9 Å². The van der Waals surface area contributed by atoms with E-state index >= 15 is 0 Å². The van der Waals surface area contributed by atoms with Crippen molar-refractivity contribution in [1.82, 2.24) is 4.90 Å². The topological polar surface area (TPSA) is 66.5 Å². The van der Waals surface area contributed by atoms with Crippen molar-refractivity contribution < 1.29 is 14.4 Å². The van der Waals surface area contributed by atoms with Crippen molar-refractivity contribution in [1.29, 1.82) is 0 Å². The Balaban J connectivity index is 2.52. The monoisotopic (exact) mass is 290 g/mol. The van der Waals surface area contributed by atoms with Crippen LogP contribution in [0.3, 0.4) is 0 Å². The van der Waals surface area contributed by atoms with Gasteiger partial charge >= 0.3 is 0 Å². The molecule has 1 rings (SSSR count). The van der Waals surface area contributed by atoms with Crippen LogP contribution in [0.15, 0.2) is 24.3 Å². The lowest BCUT2D eigenvalue weighted by Crippen LogP contribution is -2.30. The summed E-state index contributed by atoms with van der Waals surface area (Å²) in [5.74, 6) is -0.662. The van der Waals surface area contributed by atoms with E-state index < -0.39 is 5.92 Å². The summed E-state index contributed by atoms with van der Waals surface area (Å²) in [5, 5.41) is 2.82. The second-order valence-corrected chi connectivity index (χ2v) is 5.12. The predicted molar refractivity (Wildman–Crippen MR) is 82.2 cm³/mol. The molecule has 0 spiro atoms. The molecular formula is C16H22N2O3. The molecule has 0 fully saturated rings. The van der Waals surface area contributed by atoms with E-state index in [4.69, 9.17) is 0 Å². The lowest BCUT2D eigenvalue weighted by atomic mass is 10.0. The third-order valence-electron chi connectivity index (χ3n) is 3.08. The van der Waals surface area contributed by atoms with Crippen LogP contribution in [0.1, 0.15) is 18.9 Å². The summed E-state index contributed by atoms with van der Waals surface area (Å²) in [6.45, 7) is 3.30. The van der Waals surface area contributed by atoms with Gasteiger partial charge in [0.1, 0.15) is 12.6 Å². The molecule has 0 aromatic heterocycles. The molecule has 0 unspecified atom stereocenters. The smallest absolute Gasteiger partial charge is 0.238 e. The summed E-state index contributed by atoms with van der Waals surface area (Å²) in [4.78, 5) is 35.0.